The molecule has 0 fully saturated rings. The van der Waals surface area contributed by atoms with Crippen molar-refractivity contribution in [1.82, 2.24) is 5.32 Å². The van der Waals surface area contributed by atoms with Gasteiger partial charge in [0, 0.05) is 6.54 Å². The molecule has 0 saturated carbocycles. The summed E-state index contributed by atoms with van der Waals surface area (Å²) in [4.78, 5) is 23.8. The summed E-state index contributed by atoms with van der Waals surface area (Å²) in [6.07, 6.45) is 4.26. The number of amides is 2. The summed E-state index contributed by atoms with van der Waals surface area (Å²) in [7, 11) is 0. The van der Waals surface area contributed by atoms with Gasteiger partial charge in [-0.2, -0.15) is 0 Å². The van der Waals surface area contributed by atoms with Crippen LogP contribution in [0, 0.1) is 17.3 Å². The van der Waals surface area contributed by atoms with Crippen LogP contribution in [0.4, 0.5) is 0 Å². The molecule has 0 radical (unpaired) electrons. The van der Waals surface area contributed by atoms with Gasteiger partial charge in [-0.05, 0) is 25.7 Å². The van der Waals surface area contributed by atoms with E-state index in [2.05, 4.69) is 5.32 Å². The van der Waals surface area contributed by atoms with Gasteiger partial charge in [0.05, 0.1) is 11.8 Å². The minimum absolute atomic E-state index is 0.0988. The fourth-order valence-electron chi connectivity index (χ4n) is 2.16. The molecule has 0 spiro atoms. The van der Waals surface area contributed by atoms with Gasteiger partial charge < -0.3 is 11.1 Å². The number of carbonyl (C=O) groups excluding carboxylic acids is 2. The van der Waals surface area contributed by atoms with Crippen molar-refractivity contribution in [3.63, 3.8) is 0 Å². The Morgan fingerprint density at radius 3 is 2.22 bits per heavy atom. The zero-order chi connectivity index (χ0) is 14.3. The van der Waals surface area contributed by atoms with Crippen molar-refractivity contribution in [2.45, 2.75) is 41.0 Å². The molecular weight excluding hydrogens is 228 g/mol. The lowest BCUT2D eigenvalue weighted by molar-refractivity contribution is -0.137. The monoisotopic (exact) mass is 254 g/mol. The van der Waals surface area contributed by atoms with Crippen LogP contribution in [-0.4, -0.2) is 18.4 Å². The van der Waals surface area contributed by atoms with Crippen molar-refractivity contribution in [3.8, 4) is 0 Å². The molecule has 0 aromatic carbocycles. The van der Waals surface area contributed by atoms with Crippen molar-refractivity contribution >= 4 is 11.8 Å². The number of nitrogens with two attached hydrogens (primary N) is 1. The van der Waals surface area contributed by atoms with Crippen LogP contribution >= 0.6 is 0 Å². The lowest BCUT2D eigenvalue weighted by Gasteiger charge is -2.34. The predicted molar refractivity (Wildman–Crippen MR) is 73.7 cm³/mol. The van der Waals surface area contributed by atoms with Gasteiger partial charge in [-0.15, -0.1) is 0 Å². The standard InChI is InChI=1S/C14H26N2O2/c1-6-8-9-10(12(15)17)11(14(3,4)5)13(18)16-7-2/h6,8,10-11H,7,9H2,1-5H3,(H2,15,17)(H,16,18)/b8-6+/t10-,11?/m0/s1. The third-order valence-electron chi connectivity index (χ3n) is 2.96. The molecule has 0 aromatic rings. The number of nitrogens with one attached hydrogen (secondary N) is 1. The first-order chi connectivity index (χ1) is 8.25. The quantitative estimate of drug-likeness (QED) is 0.710. The van der Waals surface area contributed by atoms with Crippen LogP contribution in [0.1, 0.15) is 41.0 Å². The summed E-state index contributed by atoms with van der Waals surface area (Å²) in [6, 6.07) is 0. The van der Waals surface area contributed by atoms with Crippen LogP contribution in [-0.2, 0) is 9.59 Å². The number of hydrogen-bond acceptors (Lipinski definition) is 2. The molecule has 0 aliphatic heterocycles. The third kappa shape index (κ3) is 4.90. The largest absolute Gasteiger partial charge is 0.369 e. The van der Waals surface area contributed by atoms with Crippen LogP contribution in [0.3, 0.4) is 0 Å². The number of hydrogen-bond donors (Lipinski definition) is 2. The molecule has 0 aliphatic carbocycles. The van der Waals surface area contributed by atoms with Gasteiger partial charge in [0.2, 0.25) is 11.8 Å². The van der Waals surface area contributed by atoms with E-state index in [9.17, 15) is 9.59 Å². The summed E-state index contributed by atoms with van der Waals surface area (Å²) in [5.74, 6) is -1.39. The molecule has 0 bridgehead atoms. The van der Waals surface area contributed by atoms with Gasteiger partial charge in [0.25, 0.3) is 0 Å². The molecule has 2 atom stereocenters. The van der Waals surface area contributed by atoms with E-state index in [1.807, 2.05) is 46.8 Å². The zero-order valence-electron chi connectivity index (χ0n) is 12.1. The maximum absolute atomic E-state index is 12.2. The first-order valence-electron chi connectivity index (χ1n) is 6.43. The van der Waals surface area contributed by atoms with Gasteiger partial charge in [-0.3, -0.25) is 9.59 Å². The Hall–Kier alpha value is -1.32. The Morgan fingerprint density at radius 1 is 1.33 bits per heavy atom. The molecule has 3 N–H and O–H groups in total. The van der Waals surface area contributed by atoms with Gasteiger partial charge in [-0.1, -0.05) is 32.9 Å². The second kappa shape index (κ2) is 7.19. The second-order valence-corrected chi connectivity index (χ2v) is 5.55. The molecule has 4 nitrogen and oxygen atoms in total. The molecule has 0 saturated heterocycles. The number of allylic oxidation sites excluding steroid dienone is 2. The van der Waals surface area contributed by atoms with Crippen LogP contribution in [0.2, 0.25) is 0 Å². The van der Waals surface area contributed by atoms with Gasteiger partial charge in [0.15, 0.2) is 0 Å². The van der Waals surface area contributed by atoms with E-state index in [4.69, 9.17) is 5.73 Å². The molecule has 0 heterocycles. The average Bonchev–Trinajstić information content (AvgIpc) is 2.21. The number of primary amides is 1. The number of rotatable bonds is 6. The SMILES string of the molecule is C/C=C/C[C@H](C(N)=O)C(C(=O)NCC)C(C)(C)C. The summed E-state index contributed by atoms with van der Waals surface area (Å²) >= 11 is 0. The Labute approximate surface area is 110 Å². The van der Waals surface area contributed by atoms with E-state index >= 15 is 0 Å². The van der Waals surface area contributed by atoms with E-state index in [1.54, 1.807) is 0 Å². The Bertz CT molecular complexity index is 316. The molecule has 18 heavy (non-hydrogen) atoms. The van der Waals surface area contributed by atoms with Crippen LogP contribution in [0.15, 0.2) is 12.2 Å². The second-order valence-electron chi connectivity index (χ2n) is 5.55. The fraction of sp³-hybridized carbons (Fsp3) is 0.714. The van der Waals surface area contributed by atoms with Crippen molar-refractivity contribution in [3.05, 3.63) is 12.2 Å². The molecule has 0 aliphatic rings. The molecular formula is C14H26N2O2. The Kier molecular flexibility index (Phi) is 6.66. The molecule has 0 rings (SSSR count). The summed E-state index contributed by atoms with van der Waals surface area (Å²) in [5.41, 5.74) is 5.15. The first kappa shape index (κ1) is 16.7. The lowest BCUT2D eigenvalue weighted by atomic mass is 9.71. The molecule has 2 amide bonds. The smallest absolute Gasteiger partial charge is 0.224 e. The van der Waals surface area contributed by atoms with Crippen LogP contribution in [0.25, 0.3) is 0 Å². The van der Waals surface area contributed by atoms with Gasteiger partial charge >= 0.3 is 0 Å². The van der Waals surface area contributed by atoms with E-state index in [0.29, 0.717) is 13.0 Å². The maximum Gasteiger partial charge on any atom is 0.224 e. The van der Waals surface area contributed by atoms with E-state index in [-0.39, 0.29) is 11.3 Å². The highest BCUT2D eigenvalue weighted by molar-refractivity contribution is 5.87. The fourth-order valence-corrected chi connectivity index (χ4v) is 2.16. The van der Waals surface area contributed by atoms with Crippen molar-refractivity contribution < 1.29 is 9.59 Å². The Morgan fingerprint density at radius 2 is 1.89 bits per heavy atom. The average molecular weight is 254 g/mol. The van der Waals surface area contributed by atoms with E-state index in [1.165, 1.54) is 0 Å². The van der Waals surface area contributed by atoms with E-state index < -0.39 is 17.7 Å². The lowest BCUT2D eigenvalue weighted by Crippen LogP contribution is -2.46. The molecule has 1 unspecified atom stereocenters. The minimum atomic E-state index is -0.465. The maximum atomic E-state index is 12.2. The highest BCUT2D eigenvalue weighted by atomic mass is 16.2. The van der Waals surface area contributed by atoms with Crippen molar-refractivity contribution in [2.24, 2.45) is 23.0 Å². The normalized spacial score (nSPS) is 15.4. The Balaban J connectivity index is 5.23. The van der Waals surface area contributed by atoms with Crippen LogP contribution in [0.5, 0.6) is 0 Å². The van der Waals surface area contributed by atoms with Gasteiger partial charge in [-0.25, -0.2) is 0 Å². The first-order valence-corrected chi connectivity index (χ1v) is 6.43. The van der Waals surface area contributed by atoms with Crippen molar-refractivity contribution in [2.75, 3.05) is 6.54 Å². The molecule has 0 aromatic heterocycles. The highest BCUT2D eigenvalue weighted by Crippen LogP contribution is 2.34. The summed E-state index contributed by atoms with van der Waals surface area (Å²) in [5, 5.41) is 2.79. The zero-order valence-corrected chi connectivity index (χ0v) is 12.1. The highest BCUT2D eigenvalue weighted by Gasteiger charge is 2.39. The van der Waals surface area contributed by atoms with Crippen molar-refractivity contribution in [1.29, 1.82) is 0 Å². The number of carbonyl (C=O) groups is 2. The topological polar surface area (TPSA) is 72.2 Å². The summed E-state index contributed by atoms with van der Waals surface area (Å²) < 4.78 is 0. The predicted octanol–water partition coefficient (Wildman–Crippen LogP) is 1.85. The minimum Gasteiger partial charge on any atom is -0.369 e. The molecule has 4 heteroatoms. The van der Waals surface area contributed by atoms with Crippen LogP contribution < -0.4 is 11.1 Å². The summed E-state index contributed by atoms with van der Waals surface area (Å²) in [6.45, 7) is 10.2. The molecule has 104 valence electrons. The third-order valence-corrected chi connectivity index (χ3v) is 2.96. The van der Waals surface area contributed by atoms with E-state index in [0.717, 1.165) is 0 Å². The van der Waals surface area contributed by atoms with Gasteiger partial charge in [0.1, 0.15) is 0 Å².